The molecule has 0 spiro atoms. The monoisotopic (exact) mass is 643 g/mol. The summed E-state index contributed by atoms with van der Waals surface area (Å²) in [6.45, 7) is 14.4. The first-order valence-corrected chi connectivity index (χ1v) is 16.6. The Bertz CT molecular complexity index is 857. The molecule has 0 aliphatic rings. The molecule has 0 heterocycles. The Morgan fingerprint density at radius 2 is 1.07 bits per heavy atom. The first kappa shape index (κ1) is 42.2. The lowest BCUT2D eigenvalue weighted by molar-refractivity contribution is -0.131. The van der Waals surface area contributed by atoms with Crippen LogP contribution in [0.15, 0.2) is 0 Å². The molecule has 2 unspecified atom stereocenters. The number of carbonyl (C=O) groups excluding carboxylic acids is 5. The van der Waals surface area contributed by atoms with Crippen molar-refractivity contribution in [1.82, 2.24) is 26.6 Å². The SMILES string of the molecule is CCCNC(=O)CCOCC(COCCC(=O)NCC)(COCCC(=O)NCC(C)CC)NC(=O)CCCC(=O)NCC(C)C. The molecular formula is C32H61N5O8. The summed E-state index contributed by atoms with van der Waals surface area (Å²) in [5.41, 5.74) is -1.16. The quantitative estimate of drug-likeness (QED) is 0.0804. The molecule has 0 rings (SSSR count). The summed E-state index contributed by atoms with van der Waals surface area (Å²) in [4.78, 5) is 61.5. The molecule has 0 aliphatic heterocycles. The third kappa shape index (κ3) is 24.2. The molecule has 0 radical (unpaired) electrons. The number of nitrogens with one attached hydrogen (secondary N) is 5. The van der Waals surface area contributed by atoms with Gasteiger partial charge in [0.25, 0.3) is 0 Å². The molecule has 0 fully saturated rings. The van der Waals surface area contributed by atoms with Crippen LogP contribution in [0.2, 0.25) is 0 Å². The lowest BCUT2D eigenvalue weighted by atomic mass is 10.0. The fraction of sp³-hybridized carbons (Fsp3) is 0.844. The highest BCUT2D eigenvalue weighted by Gasteiger charge is 2.34. The van der Waals surface area contributed by atoms with Crippen LogP contribution in [0.5, 0.6) is 0 Å². The number of hydrogen-bond acceptors (Lipinski definition) is 8. The molecular weight excluding hydrogens is 582 g/mol. The standard InChI is InChI=1S/C32H61N5O8/c1-7-16-34-29(40)14-18-44-23-32(22-43-17-13-28(39)33-9-3,24-45-19-15-30(41)36-21-26(6)8-2)37-31(42)12-10-11-27(38)35-20-25(4)5/h25-26H,7-24H2,1-6H3,(H,33,39)(H,34,40)(H,35,38)(H,36,41)(H,37,42). The molecule has 5 amide bonds. The van der Waals surface area contributed by atoms with Gasteiger partial charge in [-0.25, -0.2) is 0 Å². The molecule has 0 aromatic rings. The van der Waals surface area contributed by atoms with Crippen LogP contribution in [0.1, 0.15) is 92.9 Å². The summed E-state index contributed by atoms with van der Waals surface area (Å²) in [5.74, 6) is -0.161. The van der Waals surface area contributed by atoms with Crippen LogP contribution in [0, 0.1) is 11.8 Å². The number of rotatable bonds is 28. The van der Waals surface area contributed by atoms with Crippen molar-refractivity contribution in [3.8, 4) is 0 Å². The lowest BCUT2D eigenvalue weighted by Crippen LogP contribution is -2.58. The van der Waals surface area contributed by atoms with Crippen molar-refractivity contribution in [2.45, 2.75) is 98.4 Å². The van der Waals surface area contributed by atoms with Crippen LogP contribution >= 0.6 is 0 Å². The van der Waals surface area contributed by atoms with E-state index in [1.807, 2.05) is 27.7 Å². The van der Waals surface area contributed by atoms with Gasteiger partial charge in [0.2, 0.25) is 29.5 Å². The summed E-state index contributed by atoms with van der Waals surface area (Å²) >= 11 is 0. The summed E-state index contributed by atoms with van der Waals surface area (Å²) in [7, 11) is 0. The van der Waals surface area contributed by atoms with Gasteiger partial charge >= 0.3 is 0 Å². The van der Waals surface area contributed by atoms with E-state index in [1.54, 1.807) is 0 Å². The number of ether oxygens (including phenoxy) is 3. The van der Waals surface area contributed by atoms with Crippen molar-refractivity contribution in [3.05, 3.63) is 0 Å². The minimum absolute atomic E-state index is 0.0317. The van der Waals surface area contributed by atoms with Gasteiger partial charge in [0.05, 0.1) is 39.6 Å². The smallest absolute Gasteiger partial charge is 0.222 e. The van der Waals surface area contributed by atoms with Gasteiger partial charge in [-0.05, 0) is 31.6 Å². The second kappa shape index (κ2) is 26.4. The third-order valence-corrected chi connectivity index (χ3v) is 6.77. The van der Waals surface area contributed by atoms with Gasteiger partial charge in [-0.2, -0.15) is 0 Å². The first-order chi connectivity index (χ1) is 21.5. The minimum atomic E-state index is -1.16. The minimum Gasteiger partial charge on any atom is -0.378 e. The zero-order valence-corrected chi connectivity index (χ0v) is 28.6. The highest BCUT2D eigenvalue weighted by molar-refractivity contribution is 5.79. The summed E-state index contributed by atoms with van der Waals surface area (Å²) in [5, 5.41) is 14.2. The normalized spacial score (nSPS) is 13.0. The molecule has 45 heavy (non-hydrogen) atoms. The van der Waals surface area contributed by atoms with Crippen molar-refractivity contribution >= 4 is 29.5 Å². The largest absolute Gasteiger partial charge is 0.378 e. The van der Waals surface area contributed by atoms with Gasteiger partial charge in [-0.15, -0.1) is 0 Å². The maximum absolute atomic E-state index is 13.1. The van der Waals surface area contributed by atoms with Gasteiger partial charge in [0, 0.05) is 58.3 Å². The Morgan fingerprint density at radius 1 is 0.600 bits per heavy atom. The maximum Gasteiger partial charge on any atom is 0.222 e. The van der Waals surface area contributed by atoms with E-state index in [0.29, 0.717) is 44.4 Å². The van der Waals surface area contributed by atoms with Crippen LogP contribution in [-0.4, -0.2) is 101 Å². The Kier molecular flexibility index (Phi) is 24.8. The Hall–Kier alpha value is -2.77. The van der Waals surface area contributed by atoms with Gasteiger partial charge in [-0.1, -0.05) is 41.0 Å². The Morgan fingerprint density at radius 3 is 1.56 bits per heavy atom. The van der Waals surface area contributed by atoms with Crippen molar-refractivity contribution in [2.75, 3.05) is 65.8 Å². The van der Waals surface area contributed by atoms with Crippen molar-refractivity contribution in [2.24, 2.45) is 11.8 Å². The highest BCUT2D eigenvalue weighted by Crippen LogP contribution is 2.12. The van der Waals surface area contributed by atoms with E-state index in [4.69, 9.17) is 14.2 Å². The van der Waals surface area contributed by atoms with E-state index in [0.717, 1.165) is 12.8 Å². The summed E-state index contributed by atoms with van der Waals surface area (Å²) in [6.07, 6.45) is 2.85. The van der Waals surface area contributed by atoms with Crippen LogP contribution < -0.4 is 26.6 Å². The predicted molar refractivity (Wildman–Crippen MR) is 173 cm³/mol. The number of amides is 5. The molecule has 0 aromatic carbocycles. The van der Waals surface area contributed by atoms with Crippen molar-refractivity contribution in [1.29, 1.82) is 0 Å². The average Bonchev–Trinajstić information content (AvgIpc) is 3.00. The number of hydrogen-bond donors (Lipinski definition) is 5. The van der Waals surface area contributed by atoms with Gasteiger partial charge in [0.15, 0.2) is 0 Å². The van der Waals surface area contributed by atoms with Crippen LogP contribution in [0.4, 0.5) is 0 Å². The molecule has 0 aliphatic carbocycles. The van der Waals surface area contributed by atoms with E-state index in [-0.39, 0.29) is 101 Å². The van der Waals surface area contributed by atoms with E-state index >= 15 is 0 Å². The second-order valence-corrected chi connectivity index (χ2v) is 11.9. The lowest BCUT2D eigenvalue weighted by Gasteiger charge is -2.34. The van der Waals surface area contributed by atoms with E-state index in [1.165, 1.54) is 0 Å². The zero-order chi connectivity index (χ0) is 33.9. The van der Waals surface area contributed by atoms with Gasteiger partial charge in [0.1, 0.15) is 5.54 Å². The maximum atomic E-state index is 13.1. The van der Waals surface area contributed by atoms with E-state index in [2.05, 4.69) is 40.4 Å². The molecule has 0 bridgehead atoms. The molecule has 2 atom stereocenters. The average molecular weight is 644 g/mol. The zero-order valence-electron chi connectivity index (χ0n) is 28.6. The molecule has 5 N–H and O–H groups in total. The topological polar surface area (TPSA) is 173 Å². The highest BCUT2D eigenvalue weighted by atomic mass is 16.5. The van der Waals surface area contributed by atoms with Crippen molar-refractivity contribution in [3.63, 3.8) is 0 Å². The Balaban J connectivity index is 5.46. The van der Waals surface area contributed by atoms with Gasteiger partial charge in [-0.3, -0.25) is 24.0 Å². The fourth-order valence-corrected chi connectivity index (χ4v) is 3.86. The fourth-order valence-electron chi connectivity index (χ4n) is 3.86. The van der Waals surface area contributed by atoms with E-state index < -0.39 is 5.54 Å². The third-order valence-electron chi connectivity index (χ3n) is 6.77. The Labute approximate surface area is 270 Å². The molecule has 262 valence electrons. The molecule has 13 heteroatoms. The first-order valence-electron chi connectivity index (χ1n) is 16.6. The molecule has 0 saturated heterocycles. The number of carbonyl (C=O) groups is 5. The van der Waals surface area contributed by atoms with Crippen LogP contribution in [-0.2, 0) is 38.2 Å². The van der Waals surface area contributed by atoms with E-state index in [9.17, 15) is 24.0 Å². The molecule has 0 saturated carbocycles. The predicted octanol–water partition coefficient (Wildman–Crippen LogP) is 1.83. The van der Waals surface area contributed by atoms with Crippen LogP contribution in [0.3, 0.4) is 0 Å². The molecule has 0 aromatic heterocycles. The summed E-state index contributed by atoms with van der Waals surface area (Å²) < 4.78 is 17.6. The van der Waals surface area contributed by atoms with Crippen LogP contribution in [0.25, 0.3) is 0 Å². The molecule has 13 nitrogen and oxygen atoms in total. The van der Waals surface area contributed by atoms with Gasteiger partial charge < -0.3 is 40.8 Å². The second-order valence-electron chi connectivity index (χ2n) is 11.9. The summed E-state index contributed by atoms with van der Waals surface area (Å²) in [6, 6.07) is 0. The van der Waals surface area contributed by atoms with Crippen molar-refractivity contribution < 1.29 is 38.2 Å².